The Morgan fingerprint density at radius 3 is 2.64 bits per heavy atom. The predicted molar refractivity (Wildman–Crippen MR) is 92.1 cm³/mol. The fourth-order valence-electron chi connectivity index (χ4n) is 2.56. The fourth-order valence-corrected chi connectivity index (χ4v) is 2.56. The van der Waals surface area contributed by atoms with Crippen LogP contribution in [0.25, 0.3) is 11.4 Å². The van der Waals surface area contributed by atoms with E-state index in [0.29, 0.717) is 42.5 Å². The highest BCUT2D eigenvalue weighted by molar-refractivity contribution is 5.54. The number of aromatic nitrogens is 2. The Labute approximate surface area is 145 Å². The highest BCUT2D eigenvalue weighted by Gasteiger charge is 2.14. The summed E-state index contributed by atoms with van der Waals surface area (Å²) in [7, 11) is 0. The molecule has 5 nitrogen and oxygen atoms in total. The van der Waals surface area contributed by atoms with E-state index in [1.54, 1.807) is 19.1 Å². The van der Waals surface area contributed by atoms with Gasteiger partial charge in [0.2, 0.25) is 11.7 Å². The summed E-state index contributed by atoms with van der Waals surface area (Å²) in [5.74, 6) is 0.493. The summed E-state index contributed by atoms with van der Waals surface area (Å²) in [4.78, 5) is 6.36. The van der Waals surface area contributed by atoms with Crippen molar-refractivity contribution in [2.24, 2.45) is 0 Å². The van der Waals surface area contributed by atoms with Gasteiger partial charge in [0.1, 0.15) is 5.82 Å². The molecule has 1 heterocycles. The number of aliphatic hydroxyl groups excluding tert-OH is 1. The van der Waals surface area contributed by atoms with Crippen molar-refractivity contribution in [2.75, 3.05) is 13.2 Å². The van der Waals surface area contributed by atoms with Crippen molar-refractivity contribution in [3.63, 3.8) is 0 Å². The topological polar surface area (TPSA) is 62.4 Å². The molecule has 1 aromatic heterocycles. The lowest BCUT2D eigenvalue weighted by Crippen LogP contribution is -2.26. The van der Waals surface area contributed by atoms with Crippen LogP contribution < -0.4 is 0 Å². The first-order valence-corrected chi connectivity index (χ1v) is 8.12. The molecule has 0 radical (unpaired) electrons. The first kappa shape index (κ1) is 17.3. The Hall–Kier alpha value is -2.57. The van der Waals surface area contributed by atoms with E-state index in [4.69, 9.17) is 4.52 Å². The van der Waals surface area contributed by atoms with Crippen molar-refractivity contribution in [3.05, 3.63) is 71.4 Å². The standard InChI is InChI=1S/C19H20FN3O2/c1-14-7-8-16(11-17(14)20)19-21-18(25-22-19)13-23(9-10-24)12-15-5-3-2-4-6-15/h2-8,11,24H,9-10,12-13H2,1H3. The molecule has 0 bridgehead atoms. The van der Waals surface area contributed by atoms with Gasteiger partial charge in [-0.2, -0.15) is 4.98 Å². The highest BCUT2D eigenvalue weighted by Crippen LogP contribution is 2.19. The number of benzene rings is 2. The quantitative estimate of drug-likeness (QED) is 0.715. The summed E-state index contributed by atoms with van der Waals surface area (Å²) in [6, 6.07) is 14.8. The molecule has 0 aliphatic rings. The summed E-state index contributed by atoms with van der Waals surface area (Å²) in [6.07, 6.45) is 0. The van der Waals surface area contributed by atoms with Crippen molar-refractivity contribution in [1.82, 2.24) is 15.0 Å². The molecule has 0 amide bonds. The van der Waals surface area contributed by atoms with Crippen LogP contribution in [0.3, 0.4) is 0 Å². The first-order valence-electron chi connectivity index (χ1n) is 8.12. The Morgan fingerprint density at radius 2 is 1.92 bits per heavy atom. The first-order chi connectivity index (χ1) is 12.2. The van der Waals surface area contributed by atoms with Crippen molar-refractivity contribution in [2.45, 2.75) is 20.0 Å². The maximum atomic E-state index is 13.7. The van der Waals surface area contributed by atoms with E-state index in [2.05, 4.69) is 10.1 Å². The summed E-state index contributed by atoms with van der Waals surface area (Å²) in [5.41, 5.74) is 2.29. The van der Waals surface area contributed by atoms with Crippen LogP contribution in [-0.4, -0.2) is 33.3 Å². The summed E-state index contributed by atoms with van der Waals surface area (Å²) in [6.45, 7) is 3.31. The number of rotatable bonds is 7. The van der Waals surface area contributed by atoms with Gasteiger partial charge in [-0.05, 0) is 24.1 Å². The third-order valence-corrected chi connectivity index (χ3v) is 3.92. The van der Waals surface area contributed by atoms with Crippen LogP contribution in [0.2, 0.25) is 0 Å². The average molecular weight is 341 g/mol. The van der Waals surface area contributed by atoms with Gasteiger partial charge < -0.3 is 9.63 Å². The maximum Gasteiger partial charge on any atom is 0.241 e. The predicted octanol–water partition coefficient (Wildman–Crippen LogP) is 3.18. The van der Waals surface area contributed by atoms with E-state index < -0.39 is 0 Å². The van der Waals surface area contributed by atoms with E-state index in [9.17, 15) is 9.50 Å². The molecule has 2 aromatic carbocycles. The lowest BCUT2D eigenvalue weighted by Gasteiger charge is -2.19. The Morgan fingerprint density at radius 1 is 1.12 bits per heavy atom. The lowest BCUT2D eigenvalue weighted by molar-refractivity contribution is 0.167. The molecule has 3 rings (SSSR count). The molecule has 0 aliphatic carbocycles. The molecule has 0 fully saturated rings. The van der Waals surface area contributed by atoms with Gasteiger partial charge in [-0.25, -0.2) is 4.39 Å². The molecule has 1 N–H and O–H groups in total. The molecule has 25 heavy (non-hydrogen) atoms. The molecule has 0 atom stereocenters. The second-order valence-corrected chi connectivity index (χ2v) is 5.90. The average Bonchev–Trinajstić information content (AvgIpc) is 3.07. The number of hydrogen-bond donors (Lipinski definition) is 1. The Kier molecular flexibility index (Phi) is 5.53. The van der Waals surface area contributed by atoms with E-state index >= 15 is 0 Å². The molecular formula is C19H20FN3O2. The summed E-state index contributed by atoms with van der Waals surface area (Å²) in [5, 5.41) is 13.2. The molecular weight excluding hydrogens is 321 g/mol. The van der Waals surface area contributed by atoms with Crippen LogP contribution >= 0.6 is 0 Å². The number of aliphatic hydroxyl groups is 1. The van der Waals surface area contributed by atoms with E-state index in [1.165, 1.54) is 6.07 Å². The van der Waals surface area contributed by atoms with Crippen LogP contribution in [0, 0.1) is 12.7 Å². The molecule has 0 aliphatic heterocycles. The largest absolute Gasteiger partial charge is 0.395 e. The minimum absolute atomic E-state index is 0.0387. The van der Waals surface area contributed by atoms with Crippen molar-refractivity contribution in [1.29, 1.82) is 0 Å². The van der Waals surface area contributed by atoms with Gasteiger partial charge in [0.25, 0.3) is 0 Å². The van der Waals surface area contributed by atoms with Crippen LogP contribution in [0.5, 0.6) is 0 Å². The SMILES string of the molecule is Cc1ccc(-c2noc(CN(CCO)Cc3ccccc3)n2)cc1F. The minimum Gasteiger partial charge on any atom is -0.395 e. The number of aryl methyl sites for hydroxylation is 1. The van der Waals surface area contributed by atoms with E-state index in [-0.39, 0.29) is 12.4 Å². The Balaban J connectivity index is 1.72. The number of halogens is 1. The maximum absolute atomic E-state index is 13.7. The number of hydrogen-bond acceptors (Lipinski definition) is 5. The van der Waals surface area contributed by atoms with Gasteiger partial charge in [0.05, 0.1) is 13.2 Å². The monoisotopic (exact) mass is 341 g/mol. The third kappa shape index (κ3) is 4.49. The van der Waals surface area contributed by atoms with Gasteiger partial charge >= 0.3 is 0 Å². The third-order valence-electron chi connectivity index (χ3n) is 3.92. The van der Waals surface area contributed by atoms with Crippen LogP contribution in [0.1, 0.15) is 17.0 Å². The molecule has 0 saturated carbocycles. The second-order valence-electron chi connectivity index (χ2n) is 5.90. The molecule has 0 spiro atoms. The van der Waals surface area contributed by atoms with E-state index in [1.807, 2.05) is 35.2 Å². The highest BCUT2D eigenvalue weighted by atomic mass is 19.1. The van der Waals surface area contributed by atoms with Gasteiger partial charge in [-0.1, -0.05) is 47.6 Å². The smallest absolute Gasteiger partial charge is 0.241 e. The van der Waals surface area contributed by atoms with Crippen molar-refractivity contribution < 1.29 is 14.0 Å². The molecule has 3 aromatic rings. The zero-order valence-electron chi connectivity index (χ0n) is 14.0. The van der Waals surface area contributed by atoms with Gasteiger partial charge in [0, 0.05) is 18.7 Å². The summed E-state index contributed by atoms with van der Waals surface area (Å²) >= 11 is 0. The molecule has 130 valence electrons. The molecule has 6 heteroatoms. The molecule has 0 unspecified atom stereocenters. The van der Waals surface area contributed by atoms with Crippen LogP contribution in [-0.2, 0) is 13.1 Å². The van der Waals surface area contributed by atoms with Crippen molar-refractivity contribution in [3.8, 4) is 11.4 Å². The van der Waals surface area contributed by atoms with Crippen molar-refractivity contribution >= 4 is 0 Å². The van der Waals surface area contributed by atoms with Gasteiger partial charge in [-0.3, -0.25) is 4.90 Å². The fraction of sp³-hybridized carbons (Fsp3) is 0.263. The second kappa shape index (κ2) is 8.00. The summed E-state index contributed by atoms with van der Waals surface area (Å²) < 4.78 is 19.0. The zero-order valence-corrected chi connectivity index (χ0v) is 14.0. The zero-order chi connectivity index (χ0) is 17.6. The van der Waals surface area contributed by atoms with Crippen LogP contribution in [0.4, 0.5) is 4.39 Å². The van der Waals surface area contributed by atoms with Gasteiger partial charge in [-0.15, -0.1) is 0 Å². The van der Waals surface area contributed by atoms with Crippen LogP contribution in [0.15, 0.2) is 53.1 Å². The number of nitrogens with zero attached hydrogens (tertiary/aromatic N) is 3. The normalized spacial score (nSPS) is 11.2. The molecule has 0 saturated heterocycles. The lowest BCUT2D eigenvalue weighted by atomic mass is 10.1. The minimum atomic E-state index is -0.296. The van der Waals surface area contributed by atoms with Gasteiger partial charge in [0.15, 0.2) is 0 Å². The van der Waals surface area contributed by atoms with E-state index in [0.717, 1.165) is 5.56 Å². The Bertz CT molecular complexity index is 821.